The number of aliphatic imine (C=N–C) groups is 1. The van der Waals surface area contributed by atoms with Crippen molar-refractivity contribution in [3.63, 3.8) is 0 Å². The Morgan fingerprint density at radius 3 is 3.00 bits per heavy atom. The molecule has 0 aromatic carbocycles. The van der Waals surface area contributed by atoms with Crippen LogP contribution in [0, 0.1) is 5.92 Å². The van der Waals surface area contributed by atoms with Gasteiger partial charge in [-0.2, -0.15) is 4.99 Å². The summed E-state index contributed by atoms with van der Waals surface area (Å²) in [5, 5.41) is 0. The largest absolute Gasteiger partial charge is 0.240 e. The zero-order valence-corrected chi connectivity index (χ0v) is 7.04. The van der Waals surface area contributed by atoms with Gasteiger partial charge in [-0.05, 0) is 19.1 Å². The summed E-state index contributed by atoms with van der Waals surface area (Å²) in [5.41, 5.74) is -0.970. The van der Waals surface area contributed by atoms with Crippen molar-refractivity contribution in [2.24, 2.45) is 10.9 Å². The van der Waals surface area contributed by atoms with E-state index < -0.39 is 5.67 Å². The molecule has 1 rings (SSSR count). The molecule has 1 aliphatic carbocycles. The number of halogens is 1. The monoisotopic (exact) mass is 167 g/mol. The van der Waals surface area contributed by atoms with E-state index >= 15 is 0 Å². The molecule has 0 fully saturated rings. The number of isocyanates is 1. The molecule has 0 spiro atoms. The SMILES string of the molecule is CC1C(N=C=O)=CC=CC1(C)F. The summed E-state index contributed by atoms with van der Waals surface area (Å²) in [6.07, 6.45) is 6.06. The second-order valence-corrected chi connectivity index (χ2v) is 3.03. The summed E-state index contributed by atoms with van der Waals surface area (Å²) < 4.78 is 13.5. The Morgan fingerprint density at radius 2 is 2.42 bits per heavy atom. The van der Waals surface area contributed by atoms with E-state index in [1.807, 2.05) is 0 Å². The van der Waals surface area contributed by atoms with Crippen LogP contribution in [0.4, 0.5) is 4.39 Å². The fourth-order valence-corrected chi connectivity index (χ4v) is 1.10. The van der Waals surface area contributed by atoms with Crippen LogP contribution in [0.15, 0.2) is 28.9 Å². The molecule has 0 radical (unpaired) electrons. The number of nitrogens with zero attached hydrogens (tertiary/aromatic N) is 1. The van der Waals surface area contributed by atoms with Crippen LogP contribution in [-0.4, -0.2) is 11.7 Å². The first kappa shape index (κ1) is 8.88. The molecule has 2 nitrogen and oxygen atoms in total. The van der Waals surface area contributed by atoms with Crippen molar-refractivity contribution in [2.75, 3.05) is 0 Å². The third-order valence-corrected chi connectivity index (χ3v) is 2.15. The third kappa shape index (κ3) is 1.51. The second-order valence-electron chi connectivity index (χ2n) is 3.03. The normalized spacial score (nSPS) is 33.9. The highest BCUT2D eigenvalue weighted by Gasteiger charge is 2.32. The molecule has 0 amide bonds. The molecule has 12 heavy (non-hydrogen) atoms. The molecule has 0 N–H and O–H groups in total. The van der Waals surface area contributed by atoms with E-state index in [9.17, 15) is 9.18 Å². The highest BCUT2D eigenvalue weighted by atomic mass is 19.1. The minimum absolute atomic E-state index is 0.385. The molecule has 2 atom stereocenters. The highest BCUT2D eigenvalue weighted by Crippen LogP contribution is 2.32. The van der Waals surface area contributed by atoms with Crippen molar-refractivity contribution in [3.8, 4) is 0 Å². The Balaban J connectivity index is 2.98. The summed E-state index contributed by atoms with van der Waals surface area (Å²) in [5.74, 6) is -0.385. The number of rotatable bonds is 1. The van der Waals surface area contributed by atoms with Gasteiger partial charge in [0.2, 0.25) is 6.08 Å². The maximum Gasteiger partial charge on any atom is 0.240 e. The van der Waals surface area contributed by atoms with E-state index in [0.29, 0.717) is 5.70 Å². The molecule has 64 valence electrons. The lowest BCUT2D eigenvalue weighted by atomic mass is 9.86. The van der Waals surface area contributed by atoms with E-state index in [1.54, 1.807) is 19.1 Å². The van der Waals surface area contributed by atoms with Crippen LogP contribution in [0.3, 0.4) is 0 Å². The van der Waals surface area contributed by atoms with E-state index in [2.05, 4.69) is 4.99 Å². The first-order valence-corrected chi connectivity index (χ1v) is 3.74. The van der Waals surface area contributed by atoms with Gasteiger partial charge in [-0.15, -0.1) is 0 Å². The number of hydrogen-bond acceptors (Lipinski definition) is 2. The lowest BCUT2D eigenvalue weighted by Gasteiger charge is -2.26. The van der Waals surface area contributed by atoms with Crippen molar-refractivity contribution >= 4 is 6.08 Å². The smallest absolute Gasteiger partial charge is 0.239 e. The molecule has 0 bridgehead atoms. The summed E-state index contributed by atoms with van der Waals surface area (Å²) in [6.45, 7) is 3.15. The zero-order valence-electron chi connectivity index (χ0n) is 7.04. The molecular formula is C9H10FNO. The number of carbonyl (C=O) groups excluding carboxylic acids is 1. The van der Waals surface area contributed by atoms with Gasteiger partial charge in [-0.1, -0.05) is 13.0 Å². The molecule has 3 heteroatoms. The van der Waals surface area contributed by atoms with Crippen LogP contribution < -0.4 is 0 Å². The van der Waals surface area contributed by atoms with Crippen molar-refractivity contribution in [2.45, 2.75) is 19.5 Å². The minimum atomic E-state index is -1.41. The van der Waals surface area contributed by atoms with Gasteiger partial charge in [-0.25, -0.2) is 9.18 Å². The van der Waals surface area contributed by atoms with Crippen LogP contribution in [-0.2, 0) is 4.79 Å². The van der Waals surface area contributed by atoms with Gasteiger partial charge in [0.1, 0.15) is 5.67 Å². The molecule has 0 saturated heterocycles. The maximum absolute atomic E-state index is 13.5. The van der Waals surface area contributed by atoms with Crippen molar-refractivity contribution in [1.82, 2.24) is 0 Å². The lowest BCUT2D eigenvalue weighted by molar-refractivity contribution is 0.191. The molecule has 2 unspecified atom stereocenters. The van der Waals surface area contributed by atoms with Crippen LogP contribution in [0.1, 0.15) is 13.8 Å². The zero-order chi connectivity index (χ0) is 9.19. The summed E-state index contributed by atoms with van der Waals surface area (Å²) in [7, 11) is 0. The summed E-state index contributed by atoms with van der Waals surface area (Å²) >= 11 is 0. The Labute approximate surface area is 70.5 Å². The highest BCUT2D eigenvalue weighted by molar-refractivity contribution is 5.40. The number of allylic oxidation sites excluding steroid dienone is 4. The first-order chi connectivity index (χ1) is 5.58. The van der Waals surface area contributed by atoms with Gasteiger partial charge in [0, 0.05) is 5.92 Å². The van der Waals surface area contributed by atoms with Crippen molar-refractivity contribution in [3.05, 3.63) is 23.9 Å². The number of hydrogen-bond donors (Lipinski definition) is 0. The van der Waals surface area contributed by atoms with E-state index in [4.69, 9.17) is 0 Å². The molecule has 0 aliphatic heterocycles. The molecule has 0 aromatic rings. The Hall–Kier alpha value is -1.21. The van der Waals surface area contributed by atoms with E-state index in [1.165, 1.54) is 19.1 Å². The summed E-state index contributed by atoms with van der Waals surface area (Å²) in [4.78, 5) is 13.4. The van der Waals surface area contributed by atoms with Gasteiger partial charge in [-0.3, -0.25) is 0 Å². The van der Waals surface area contributed by atoms with Crippen molar-refractivity contribution in [1.29, 1.82) is 0 Å². The molecule has 0 aromatic heterocycles. The topological polar surface area (TPSA) is 29.4 Å². The van der Waals surface area contributed by atoms with Gasteiger partial charge >= 0.3 is 0 Å². The van der Waals surface area contributed by atoms with Gasteiger partial charge in [0.05, 0.1) is 5.70 Å². The van der Waals surface area contributed by atoms with Crippen LogP contribution in [0.25, 0.3) is 0 Å². The Morgan fingerprint density at radius 1 is 1.75 bits per heavy atom. The van der Waals surface area contributed by atoms with E-state index in [0.717, 1.165) is 0 Å². The molecule has 0 saturated carbocycles. The van der Waals surface area contributed by atoms with Crippen LogP contribution >= 0.6 is 0 Å². The van der Waals surface area contributed by atoms with Crippen LogP contribution in [0.2, 0.25) is 0 Å². The number of alkyl halides is 1. The Kier molecular flexibility index (Phi) is 2.25. The predicted molar refractivity (Wildman–Crippen MR) is 44.0 cm³/mol. The second kappa shape index (κ2) is 3.03. The first-order valence-electron chi connectivity index (χ1n) is 3.74. The lowest BCUT2D eigenvalue weighted by Crippen LogP contribution is -2.27. The van der Waals surface area contributed by atoms with Crippen molar-refractivity contribution < 1.29 is 9.18 Å². The van der Waals surface area contributed by atoms with Crippen LogP contribution in [0.5, 0.6) is 0 Å². The van der Waals surface area contributed by atoms with Gasteiger partial charge < -0.3 is 0 Å². The average Bonchev–Trinajstić information content (AvgIpc) is 1.99. The molecule has 1 aliphatic rings. The Bertz CT molecular complexity index is 285. The quantitative estimate of drug-likeness (QED) is 0.434. The standard InChI is InChI=1S/C9H10FNO/c1-7-8(11-6-12)4-3-5-9(7,2)10/h3-5,7H,1-2H3. The average molecular weight is 167 g/mol. The molecular weight excluding hydrogens is 157 g/mol. The predicted octanol–water partition coefficient (Wildman–Crippen LogP) is 2.14. The fourth-order valence-electron chi connectivity index (χ4n) is 1.10. The molecule has 0 heterocycles. The fraction of sp³-hybridized carbons (Fsp3) is 0.444. The third-order valence-electron chi connectivity index (χ3n) is 2.15. The minimum Gasteiger partial charge on any atom is -0.239 e. The van der Waals surface area contributed by atoms with Gasteiger partial charge in [0.25, 0.3) is 0 Å². The maximum atomic E-state index is 13.5. The van der Waals surface area contributed by atoms with E-state index in [-0.39, 0.29) is 5.92 Å². The van der Waals surface area contributed by atoms with Gasteiger partial charge in [0.15, 0.2) is 0 Å². The summed E-state index contributed by atoms with van der Waals surface area (Å²) in [6, 6.07) is 0.